The molecule has 6 heteroatoms. The second kappa shape index (κ2) is 6.85. The van der Waals surface area contributed by atoms with Gasteiger partial charge in [0.25, 0.3) is 5.91 Å². The maximum Gasteiger partial charge on any atom is 0.251 e. The molecule has 2 aromatic rings. The highest BCUT2D eigenvalue weighted by Gasteiger charge is 2.39. The molecule has 2 bridgehead atoms. The quantitative estimate of drug-likeness (QED) is 0.644. The number of nitrogens with zero attached hydrogens (tertiary/aromatic N) is 3. The summed E-state index contributed by atoms with van der Waals surface area (Å²) in [6.07, 6.45) is 8.12. The molecule has 2 saturated heterocycles. The van der Waals surface area contributed by atoms with E-state index in [4.69, 9.17) is 5.73 Å². The average molecular weight is 365 g/mol. The van der Waals surface area contributed by atoms with E-state index in [1.807, 2.05) is 36.0 Å². The number of aryl methyl sites for hydroxylation is 1. The van der Waals surface area contributed by atoms with E-state index in [2.05, 4.69) is 28.8 Å². The third-order valence-corrected chi connectivity index (χ3v) is 6.17. The number of aromatic nitrogens is 2. The number of benzene rings is 1. The van der Waals surface area contributed by atoms with Crippen LogP contribution in [0.5, 0.6) is 0 Å². The topological polar surface area (TPSA) is 76.2 Å². The number of nitrogen functional groups attached to an aromatic ring is 1. The first-order valence-electron chi connectivity index (χ1n) is 9.53. The third-order valence-electron chi connectivity index (χ3n) is 6.17. The smallest absolute Gasteiger partial charge is 0.251 e. The van der Waals surface area contributed by atoms with Crippen LogP contribution in [0.3, 0.4) is 0 Å². The third kappa shape index (κ3) is 3.25. The molecule has 2 aliphatic heterocycles. The minimum Gasteiger partial charge on any atom is -0.398 e. The van der Waals surface area contributed by atoms with Gasteiger partial charge in [0.2, 0.25) is 0 Å². The number of fused-ring (bicyclic) bond motifs is 2. The fraction of sp³-hybridized carbons (Fsp3) is 0.429. The van der Waals surface area contributed by atoms with Gasteiger partial charge in [0.15, 0.2) is 0 Å². The number of carbonyl (C=O) groups excluding carboxylic acids is 1. The van der Waals surface area contributed by atoms with Crippen LogP contribution >= 0.6 is 0 Å². The maximum atomic E-state index is 12.8. The number of carbonyl (C=O) groups is 1. The second-order valence-corrected chi connectivity index (χ2v) is 7.83. The fourth-order valence-corrected chi connectivity index (χ4v) is 4.52. The molecule has 6 nitrogen and oxygen atoms in total. The molecule has 3 N–H and O–H groups in total. The van der Waals surface area contributed by atoms with E-state index >= 15 is 0 Å². The molecular weight excluding hydrogens is 338 g/mol. The van der Waals surface area contributed by atoms with Gasteiger partial charge in [-0.15, -0.1) is 0 Å². The van der Waals surface area contributed by atoms with Gasteiger partial charge in [-0.1, -0.05) is 6.58 Å². The number of hydrogen-bond donors (Lipinski definition) is 2. The number of imidazole rings is 1. The number of nitrogens with one attached hydrogen (secondary N) is 1. The Labute approximate surface area is 160 Å². The molecule has 2 fully saturated rings. The first kappa shape index (κ1) is 17.8. The van der Waals surface area contributed by atoms with Crippen molar-refractivity contribution in [2.45, 2.75) is 43.8 Å². The van der Waals surface area contributed by atoms with E-state index in [1.54, 1.807) is 6.20 Å². The molecule has 1 aromatic carbocycles. The predicted octanol–water partition coefficient (Wildman–Crippen LogP) is 2.42. The number of hydrogen-bond acceptors (Lipinski definition) is 4. The zero-order chi connectivity index (χ0) is 19.1. The van der Waals surface area contributed by atoms with E-state index in [-0.39, 0.29) is 11.9 Å². The lowest BCUT2D eigenvalue weighted by Crippen LogP contribution is -2.48. The van der Waals surface area contributed by atoms with Gasteiger partial charge in [-0.3, -0.25) is 4.79 Å². The van der Waals surface area contributed by atoms with Crippen LogP contribution in [-0.4, -0.2) is 45.5 Å². The van der Waals surface area contributed by atoms with E-state index in [0.29, 0.717) is 28.9 Å². The van der Waals surface area contributed by atoms with Crippen LogP contribution in [-0.2, 0) is 11.8 Å². The Morgan fingerprint density at radius 3 is 2.59 bits per heavy atom. The largest absolute Gasteiger partial charge is 0.398 e. The van der Waals surface area contributed by atoms with Crippen LogP contribution in [0, 0.1) is 0 Å². The van der Waals surface area contributed by atoms with Crippen LogP contribution < -0.4 is 11.1 Å². The molecule has 1 aromatic heterocycles. The summed E-state index contributed by atoms with van der Waals surface area (Å²) in [5.41, 5.74) is 8.70. The molecule has 0 saturated carbocycles. The van der Waals surface area contributed by atoms with Gasteiger partial charge in [-0.25, -0.2) is 4.98 Å². The maximum absolute atomic E-state index is 12.8. The van der Waals surface area contributed by atoms with Crippen molar-refractivity contribution in [2.24, 2.45) is 7.05 Å². The predicted molar refractivity (Wildman–Crippen MR) is 108 cm³/mol. The van der Waals surface area contributed by atoms with Crippen molar-refractivity contribution >= 4 is 17.2 Å². The Bertz CT molecular complexity index is 872. The van der Waals surface area contributed by atoms with E-state index in [9.17, 15) is 4.79 Å². The van der Waals surface area contributed by atoms with Crippen molar-refractivity contribution in [3.8, 4) is 11.4 Å². The summed E-state index contributed by atoms with van der Waals surface area (Å²) in [6, 6.07) is 7.01. The highest BCUT2D eigenvalue weighted by Crippen LogP contribution is 2.34. The van der Waals surface area contributed by atoms with Crippen molar-refractivity contribution in [2.75, 3.05) is 12.8 Å². The summed E-state index contributed by atoms with van der Waals surface area (Å²) in [5.74, 6) is 0.698. The molecule has 3 heterocycles. The molecule has 0 aliphatic carbocycles. The van der Waals surface area contributed by atoms with Crippen molar-refractivity contribution < 1.29 is 4.79 Å². The average Bonchev–Trinajstić information content (AvgIpc) is 3.14. The summed E-state index contributed by atoms with van der Waals surface area (Å²) >= 11 is 0. The number of amides is 1. The molecule has 2 atom stereocenters. The first-order chi connectivity index (χ1) is 12.9. The number of piperidine rings is 1. The molecular formula is C21H27N5O. The van der Waals surface area contributed by atoms with Gasteiger partial charge in [0.05, 0.1) is 0 Å². The second-order valence-electron chi connectivity index (χ2n) is 7.83. The monoisotopic (exact) mass is 365 g/mol. The van der Waals surface area contributed by atoms with Crippen molar-refractivity contribution in [3.63, 3.8) is 0 Å². The highest BCUT2D eigenvalue weighted by atomic mass is 16.1. The lowest BCUT2D eigenvalue weighted by Gasteiger charge is -2.36. The standard InChI is InChI=1S/C21H27N5O/c1-13(21(27)24-15-11-16-5-6-17(12-15)26(16)3)18-10-14(4-7-19(18)22)20-23-8-9-25(20)2/h4,7-10,15-17H,1,5-6,11-12,22H2,2-3H3,(H,24,27). The van der Waals surface area contributed by atoms with Crippen molar-refractivity contribution in [1.29, 1.82) is 0 Å². The molecule has 4 rings (SSSR count). The summed E-state index contributed by atoms with van der Waals surface area (Å²) < 4.78 is 1.94. The van der Waals surface area contributed by atoms with Gasteiger partial charge in [-0.2, -0.15) is 0 Å². The minimum absolute atomic E-state index is 0.132. The zero-order valence-corrected chi connectivity index (χ0v) is 16.0. The molecule has 0 spiro atoms. The highest BCUT2D eigenvalue weighted by molar-refractivity contribution is 6.20. The normalized spacial score (nSPS) is 24.7. The summed E-state index contributed by atoms with van der Waals surface area (Å²) in [6.45, 7) is 4.04. The molecule has 0 radical (unpaired) electrons. The van der Waals surface area contributed by atoms with Crippen LogP contribution in [0.4, 0.5) is 5.69 Å². The Hall–Kier alpha value is -2.60. The molecule has 27 heavy (non-hydrogen) atoms. The fourth-order valence-electron chi connectivity index (χ4n) is 4.52. The van der Waals surface area contributed by atoms with Gasteiger partial charge in [0.1, 0.15) is 5.82 Å². The Morgan fingerprint density at radius 1 is 1.26 bits per heavy atom. The van der Waals surface area contributed by atoms with E-state index < -0.39 is 0 Å². The number of anilines is 1. The van der Waals surface area contributed by atoms with Gasteiger partial charge < -0.3 is 20.5 Å². The minimum atomic E-state index is -0.132. The molecule has 2 unspecified atom stereocenters. The van der Waals surface area contributed by atoms with E-state index in [0.717, 1.165) is 24.2 Å². The molecule has 142 valence electrons. The molecule has 2 aliphatic rings. The SMILES string of the molecule is C=C(C(=O)NC1CC2CCC(C1)N2C)c1cc(-c2nccn2C)ccc1N. The molecule has 1 amide bonds. The number of nitrogens with two attached hydrogens (primary N) is 1. The zero-order valence-electron chi connectivity index (χ0n) is 16.0. The van der Waals surface area contributed by atoms with Crippen LogP contribution in [0.1, 0.15) is 31.2 Å². The lowest BCUT2D eigenvalue weighted by atomic mass is 9.96. The van der Waals surface area contributed by atoms with Crippen LogP contribution in [0.15, 0.2) is 37.2 Å². The van der Waals surface area contributed by atoms with Crippen molar-refractivity contribution in [1.82, 2.24) is 19.8 Å². The summed E-state index contributed by atoms with van der Waals surface area (Å²) in [7, 11) is 4.14. The summed E-state index contributed by atoms with van der Waals surface area (Å²) in [4.78, 5) is 19.7. The van der Waals surface area contributed by atoms with Gasteiger partial charge in [-0.05, 0) is 50.9 Å². The Kier molecular flexibility index (Phi) is 4.52. The van der Waals surface area contributed by atoms with Crippen molar-refractivity contribution in [3.05, 3.63) is 42.7 Å². The van der Waals surface area contributed by atoms with Crippen LogP contribution in [0.2, 0.25) is 0 Å². The van der Waals surface area contributed by atoms with Crippen LogP contribution in [0.25, 0.3) is 17.0 Å². The number of rotatable bonds is 4. The Morgan fingerprint density at radius 2 is 1.96 bits per heavy atom. The van der Waals surface area contributed by atoms with Gasteiger partial charge >= 0.3 is 0 Å². The first-order valence-corrected chi connectivity index (χ1v) is 9.53. The van der Waals surface area contributed by atoms with Gasteiger partial charge in [0, 0.05) is 60.0 Å². The van der Waals surface area contributed by atoms with E-state index in [1.165, 1.54) is 12.8 Å². The Balaban J connectivity index is 1.51. The summed E-state index contributed by atoms with van der Waals surface area (Å²) in [5, 5.41) is 3.19. The lowest BCUT2D eigenvalue weighted by molar-refractivity contribution is -0.116.